The lowest BCUT2D eigenvalue weighted by atomic mass is 10.2. The average molecular weight is 371 g/mol. The summed E-state index contributed by atoms with van der Waals surface area (Å²) in [7, 11) is 0. The van der Waals surface area contributed by atoms with Crippen molar-refractivity contribution in [1.29, 1.82) is 0 Å². The van der Waals surface area contributed by atoms with Gasteiger partial charge in [0.05, 0.1) is 6.54 Å². The third kappa shape index (κ3) is 3.57. The van der Waals surface area contributed by atoms with Crippen LogP contribution in [0.3, 0.4) is 0 Å². The van der Waals surface area contributed by atoms with Crippen LogP contribution in [0.1, 0.15) is 5.56 Å². The lowest BCUT2D eigenvalue weighted by Gasteiger charge is -2.07. The highest BCUT2D eigenvalue weighted by Gasteiger charge is 2.14. The minimum absolute atomic E-state index is 0.188. The number of benzene rings is 2. The molecule has 0 aliphatic carbocycles. The SMILES string of the molecule is O=C(Nc1ccc2c(c1)OCO2)Nc1ccn(Cc2ccccc2Cl)n1. The van der Waals surface area contributed by atoms with Crippen LogP contribution in [0, 0.1) is 0 Å². The molecule has 2 N–H and O–H groups in total. The van der Waals surface area contributed by atoms with Gasteiger partial charge in [-0.3, -0.25) is 10.00 Å². The fourth-order valence-electron chi connectivity index (χ4n) is 2.57. The maximum Gasteiger partial charge on any atom is 0.324 e. The molecule has 8 heteroatoms. The lowest BCUT2D eigenvalue weighted by molar-refractivity contribution is 0.174. The Kier molecular flexibility index (Phi) is 4.37. The lowest BCUT2D eigenvalue weighted by Crippen LogP contribution is -2.19. The first-order valence-electron chi connectivity index (χ1n) is 7.92. The third-order valence-corrected chi connectivity index (χ3v) is 4.17. The highest BCUT2D eigenvalue weighted by molar-refractivity contribution is 6.31. The van der Waals surface area contributed by atoms with E-state index < -0.39 is 6.03 Å². The van der Waals surface area contributed by atoms with E-state index in [9.17, 15) is 4.79 Å². The predicted molar refractivity (Wildman–Crippen MR) is 98.0 cm³/mol. The largest absolute Gasteiger partial charge is 0.454 e. The fraction of sp³-hybridized carbons (Fsp3) is 0.111. The molecule has 2 amide bonds. The van der Waals surface area contributed by atoms with Crippen molar-refractivity contribution in [2.24, 2.45) is 0 Å². The molecule has 1 aromatic heterocycles. The Morgan fingerprint density at radius 1 is 1.12 bits per heavy atom. The molecule has 4 rings (SSSR count). The quantitative estimate of drug-likeness (QED) is 0.728. The zero-order valence-corrected chi connectivity index (χ0v) is 14.4. The maximum atomic E-state index is 12.1. The minimum atomic E-state index is -0.396. The van der Waals surface area contributed by atoms with Crippen molar-refractivity contribution in [2.75, 3.05) is 17.4 Å². The molecule has 0 saturated carbocycles. The average Bonchev–Trinajstić information content (AvgIpc) is 3.25. The summed E-state index contributed by atoms with van der Waals surface area (Å²) in [6.45, 7) is 0.707. The third-order valence-electron chi connectivity index (χ3n) is 3.80. The number of carbonyl (C=O) groups excluding carboxylic acids is 1. The van der Waals surface area contributed by atoms with E-state index in [0.29, 0.717) is 34.6 Å². The summed E-state index contributed by atoms with van der Waals surface area (Å²) >= 11 is 6.16. The van der Waals surface area contributed by atoms with Gasteiger partial charge in [-0.25, -0.2) is 4.79 Å². The van der Waals surface area contributed by atoms with Crippen molar-refractivity contribution < 1.29 is 14.3 Å². The van der Waals surface area contributed by atoms with Gasteiger partial charge >= 0.3 is 6.03 Å². The highest BCUT2D eigenvalue weighted by Crippen LogP contribution is 2.34. The monoisotopic (exact) mass is 370 g/mol. The van der Waals surface area contributed by atoms with E-state index in [1.165, 1.54) is 0 Å². The van der Waals surface area contributed by atoms with Gasteiger partial charge in [0.15, 0.2) is 17.3 Å². The number of nitrogens with zero attached hydrogens (tertiary/aromatic N) is 2. The maximum absolute atomic E-state index is 12.1. The summed E-state index contributed by atoms with van der Waals surface area (Å²) in [6, 6.07) is 14.1. The summed E-state index contributed by atoms with van der Waals surface area (Å²) in [6.07, 6.45) is 1.78. The second-order valence-electron chi connectivity index (χ2n) is 5.64. The molecule has 3 aromatic rings. The number of anilines is 2. The van der Waals surface area contributed by atoms with Crippen molar-refractivity contribution in [3.63, 3.8) is 0 Å². The van der Waals surface area contributed by atoms with Crippen molar-refractivity contribution >= 4 is 29.1 Å². The van der Waals surface area contributed by atoms with Crippen LogP contribution in [0.15, 0.2) is 54.7 Å². The Labute approximate surface area is 154 Å². The molecule has 0 unspecified atom stereocenters. The number of amides is 2. The molecule has 0 saturated heterocycles. The van der Waals surface area contributed by atoms with E-state index in [2.05, 4.69) is 15.7 Å². The molecule has 0 spiro atoms. The number of fused-ring (bicyclic) bond motifs is 1. The van der Waals surface area contributed by atoms with Crippen LogP contribution < -0.4 is 20.1 Å². The first kappa shape index (κ1) is 16.3. The number of hydrogen-bond donors (Lipinski definition) is 2. The fourth-order valence-corrected chi connectivity index (χ4v) is 2.77. The number of hydrogen-bond acceptors (Lipinski definition) is 4. The van der Waals surface area contributed by atoms with Crippen LogP contribution in [-0.4, -0.2) is 22.6 Å². The first-order valence-corrected chi connectivity index (χ1v) is 8.30. The van der Waals surface area contributed by atoms with Gasteiger partial charge in [-0.15, -0.1) is 0 Å². The number of halogens is 1. The summed E-state index contributed by atoms with van der Waals surface area (Å²) in [5, 5.41) is 10.4. The van der Waals surface area contributed by atoms with Gasteiger partial charge < -0.3 is 14.8 Å². The minimum Gasteiger partial charge on any atom is -0.454 e. The van der Waals surface area contributed by atoms with Crippen LogP contribution in [0.25, 0.3) is 0 Å². The molecule has 0 fully saturated rings. The second-order valence-corrected chi connectivity index (χ2v) is 6.04. The van der Waals surface area contributed by atoms with Crippen molar-refractivity contribution in [1.82, 2.24) is 9.78 Å². The second kappa shape index (κ2) is 6.97. The molecule has 0 bridgehead atoms. The first-order chi connectivity index (χ1) is 12.7. The van der Waals surface area contributed by atoms with Gasteiger partial charge in [0.1, 0.15) is 0 Å². The van der Waals surface area contributed by atoms with Crippen LogP contribution in [-0.2, 0) is 6.54 Å². The smallest absolute Gasteiger partial charge is 0.324 e. The number of urea groups is 1. The molecule has 26 heavy (non-hydrogen) atoms. The summed E-state index contributed by atoms with van der Waals surface area (Å²) in [5.74, 6) is 1.70. The molecule has 2 heterocycles. The molecule has 7 nitrogen and oxygen atoms in total. The van der Waals surface area contributed by atoms with Gasteiger partial charge in [0, 0.05) is 29.0 Å². The Bertz CT molecular complexity index is 957. The number of ether oxygens (including phenoxy) is 2. The van der Waals surface area contributed by atoms with Crippen LogP contribution in [0.5, 0.6) is 11.5 Å². The number of nitrogens with one attached hydrogen (secondary N) is 2. The van der Waals surface area contributed by atoms with Gasteiger partial charge in [0.2, 0.25) is 6.79 Å². The van der Waals surface area contributed by atoms with Crippen LogP contribution in [0.2, 0.25) is 5.02 Å². The number of carbonyl (C=O) groups is 1. The van der Waals surface area contributed by atoms with Crippen molar-refractivity contribution in [2.45, 2.75) is 6.54 Å². The summed E-state index contributed by atoms with van der Waals surface area (Å²) in [4.78, 5) is 12.1. The van der Waals surface area contributed by atoms with Crippen molar-refractivity contribution in [3.05, 3.63) is 65.3 Å². The Balaban J connectivity index is 1.38. The Hall–Kier alpha value is -3.19. The standard InChI is InChI=1S/C18H15ClN4O3/c19-14-4-2-1-3-12(14)10-23-8-7-17(22-23)21-18(24)20-13-5-6-15-16(9-13)26-11-25-15/h1-9H,10-11H2,(H2,20,21,22,24). The zero-order chi connectivity index (χ0) is 17.9. The van der Waals surface area contributed by atoms with Gasteiger partial charge in [-0.2, -0.15) is 5.10 Å². The van der Waals surface area contributed by atoms with E-state index in [4.69, 9.17) is 21.1 Å². The molecular weight excluding hydrogens is 356 g/mol. The van der Waals surface area contributed by atoms with Gasteiger partial charge in [0.25, 0.3) is 0 Å². The highest BCUT2D eigenvalue weighted by atomic mass is 35.5. The number of rotatable bonds is 4. The van der Waals surface area contributed by atoms with E-state index in [0.717, 1.165) is 5.56 Å². The Morgan fingerprint density at radius 2 is 1.96 bits per heavy atom. The Morgan fingerprint density at radius 3 is 2.85 bits per heavy atom. The molecule has 1 aliphatic heterocycles. The predicted octanol–water partition coefficient (Wildman–Crippen LogP) is 3.96. The van der Waals surface area contributed by atoms with E-state index in [1.807, 2.05) is 24.3 Å². The molecule has 0 radical (unpaired) electrons. The molecule has 1 aliphatic rings. The van der Waals surface area contributed by atoms with Crippen molar-refractivity contribution in [3.8, 4) is 11.5 Å². The van der Waals surface area contributed by atoms with Gasteiger partial charge in [-0.1, -0.05) is 29.8 Å². The topological polar surface area (TPSA) is 77.4 Å². The van der Waals surface area contributed by atoms with Gasteiger partial charge in [-0.05, 0) is 23.8 Å². The molecule has 132 valence electrons. The molecule has 0 atom stereocenters. The van der Waals surface area contributed by atoms with Crippen LogP contribution >= 0.6 is 11.6 Å². The zero-order valence-electron chi connectivity index (χ0n) is 13.6. The molecule has 2 aromatic carbocycles. The summed E-state index contributed by atoms with van der Waals surface area (Å²) < 4.78 is 12.2. The summed E-state index contributed by atoms with van der Waals surface area (Å²) in [5.41, 5.74) is 1.55. The normalized spacial score (nSPS) is 12.0. The van der Waals surface area contributed by atoms with E-state index in [1.54, 1.807) is 35.1 Å². The van der Waals surface area contributed by atoms with Crippen LogP contribution in [0.4, 0.5) is 16.3 Å². The van der Waals surface area contributed by atoms with E-state index >= 15 is 0 Å². The number of aromatic nitrogens is 2. The molecular formula is C18H15ClN4O3. The van der Waals surface area contributed by atoms with E-state index in [-0.39, 0.29) is 6.79 Å².